The van der Waals surface area contributed by atoms with Crippen LogP contribution in [0.2, 0.25) is 0 Å². The van der Waals surface area contributed by atoms with Crippen molar-refractivity contribution in [1.29, 1.82) is 0 Å². The second-order valence-corrected chi connectivity index (χ2v) is 5.09. The van der Waals surface area contributed by atoms with Crippen molar-refractivity contribution in [2.24, 2.45) is 0 Å². The third kappa shape index (κ3) is 5.20. The SMILES string of the molecule is CC(C)(C)c1ccc(NCCOCCO)cc1. The molecule has 0 bridgehead atoms. The van der Waals surface area contributed by atoms with Gasteiger partial charge in [0.05, 0.1) is 19.8 Å². The predicted molar refractivity (Wildman–Crippen MR) is 71.5 cm³/mol. The van der Waals surface area contributed by atoms with E-state index in [1.807, 2.05) is 0 Å². The molecule has 3 heteroatoms. The Bertz CT molecular complexity index is 314. The molecule has 0 atom stereocenters. The average molecular weight is 237 g/mol. The van der Waals surface area contributed by atoms with E-state index in [4.69, 9.17) is 9.84 Å². The molecule has 0 aliphatic heterocycles. The number of hydrogen-bond donors (Lipinski definition) is 2. The zero-order valence-electron chi connectivity index (χ0n) is 11.0. The number of hydrogen-bond acceptors (Lipinski definition) is 3. The molecule has 2 N–H and O–H groups in total. The van der Waals surface area contributed by atoms with Gasteiger partial charge in [0.15, 0.2) is 0 Å². The van der Waals surface area contributed by atoms with Crippen LogP contribution in [0.15, 0.2) is 24.3 Å². The van der Waals surface area contributed by atoms with Crippen LogP contribution in [0.5, 0.6) is 0 Å². The minimum Gasteiger partial charge on any atom is -0.394 e. The highest BCUT2D eigenvalue weighted by Crippen LogP contribution is 2.23. The number of aliphatic hydroxyl groups is 1. The monoisotopic (exact) mass is 237 g/mol. The summed E-state index contributed by atoms with van der Waals surface area (Å²) in [4.78, 5) is 0. The summed E-state index contributed by atoms with van der Waals surface area (Å²) in [6.07, 6.45) is 0. The maximum absolute atomic E-state index is 8.54. The fourth-order valence-corrected chi connectivity index (χ4v) is 1.52. The highest BCUT2D eigenvalue weighted by Gasteiger charge is 2.12. The molecule has 0 radical (unpaired) electrons. The molecule has 0 unspecified atom stereocenters. The molecule has 0 aromatic heterocycles. The molecular formula is C14H23NO2. The van der Waals surface area contributed by atoms with Crippen LogP contribution in [-0.2, 0) is 10.2 Å². The summed E-state index contributed by atoms with van der Waals surface area (Å²) < 4.78 is 5.17. The van der Waals surface area contributed by atoms with E-state index in [0.717, 1.165) is 12.2 Å². The van der Waals surface area contributed by atoms with E-state index in [1.165, 1.54) is 5.56 Å². The van der Waals surface area contributed by atoms with Crippen LogP contribution in [0.25, 0.3) is 0 Å². The average Bonchev–Trinajstić information content (AvgIpc) is 2.28. The first kappa shape index (κ1) is 14.0. The number of aliphatic hydroxyl groups excluding tert-OH is 1. The van der Waals surface area contributed by atoms with Crippen molar-refractivity contribution in [2.45, 2.75) is 26.2 Å². The summed E-state index contributed by atoms with van der Waals surface area (Å²) in [5, 5.41) is 11.8. The first-order chi connectivity index (χ1) is 8.04. The normalized spacial score (nSPS) is 11.5. The van der Waals surface area contributed by atoms with E-state index in [2.05, 4.69) is 50.4 Å². The lowest BCUT2D eigenvalue weighted by Crippen LogP contribution is -2.12. The van der Waals surface area contributed by atoms with Gasteiger partial charge in [-0.1, -0.05) is 32.9 Å². The number of nitrogens with one attached hydrogen (secondary N) is 1. The molecule has 0 aliphatic carbocycles. The van der Waals surface area contributed by atoms with Crippen molar-refractivity contribution in [1.82, 2.24) is 0 Å². The third-order valence-corrected chi connectivity index (χ3v) is 2.56. The Morgan fingerprint density at radius 2 is 1.76 bits per heavy atom. The summed E-state index contributed by atoms with van der Waals surface area (Å²) in [7, 11) is 0. The summed E-state index contributed by atoms with van der Waals surface area (Å²) in [5.74, 6) is 0. The van der Waals surface area contributed by atoms with Gasteiger partial charge in [0.2, 0.25) is 0 Å². The molecule has 0 saturated heterocycles. The number of benzene rings is 1. The van der Waals surface area contributed by atoms with Crippen LogP contribution < -0.4 is 5.32 Å². The van der Waals surface area contributed by atoms with E-state index >= 15 is 0 Å². The molecule has 0 fully saturated rings. The molecule has 0 heterocycles. The molecule has 1 aromatic rings. The van der Waals surface area contributed by atoms with Gasteiger partial charge in [-0.05, 0) is 23.1 Å². The van der Waals surface area contributed by atoms with Gasteiger partial charge in [-0.15, -0.1) is 0 Å². The van der Waals surface area contributed by atoms with Crippen molar-refractivity contribution in [3.63, 3.8) is 0 Å². The van der Waals surface area contributed by atoms with E-state index in [-0.39, 0.29) is 12.0 Å². The van der Waals surface area contributed by atoms with E-state index in [1.54, 1.807) is 0 Å². The summed E-state index contributed by atoms with van der Waals surface area (Å²) >= 11 is 0. The summed E-state index contributed by atoms with van der Waals surface area (Å²) in [6.45, 7) is 8.48. The van der Waals surface area contributed by atoms with Gasteiger partial charge in [0.25, 0.3) is 0 Å². The van der Waals surface area contributed by atoms with Gasteiger partial charge in [-0.2, -0.15) is 0 Å². The molecule has 1 rings (SSSR count). The van der Waals surface area contributed by atoms with Crippen LogP contribution in [0.1, 0.15) is 26.3 Å². The van der Waals surface area contributed by atoms with Crippen LogP contribution in [0.4, 0.5) is 5.69 Å². The van der Waals surface area contributed by atoms with Gasteiger partial charge in [-0.25, -0.2) is 0 Å². The van der Waals surface area contributed by atoms with Crippen molar-refractivity contribution >= 4 is 5.69 Å². The quantitative estimate of drug-likeness (QED) is 0.747. The lowest BCUT2D eigenvalue weighted by Gasteiger charge is -2.19. The molecule has 0 amide bonds. The molecule has 1 aromatic carbocycles. The Morgan fingerprint density at radius 1 is 1.12 bits per heavy atom. The molecule has 96 valence electrons. The third-order valence-electron chi connectivity index (χ3n) is 2.56. The first-order valence-electron chi connectivity index (χ1n) is 6.07. The fourth-order valence-electron chi connectivity index (χ4n) is 1.52. The Morgan fingerprint density at radius 3 is 2.29 bits per heavy atom. The predicted octanol–water partition coefficient (Wildman–Crippen LogP) is 2.40. The maximum atomic E-state index is 8.54. The van der Waals surface area contributed by atoms with E-state index in [9.17, 15) is 0 Å². The zero-order chi connectivity index (χ0) is 12.7. The van der Waals surface area contributed by atoms with Gasteiger partial charge in [0, 0.05) is 12.2 Å². The highest BCUT2D eigenvalue weighted by atomic mass is 16.5. The summed E-state index contributed by atoms with van der Waals surface area (Å²) in [5.41, 5.74) is 2.63. The molecule has 0 saturated carbocycles. The van der Waals surface area contributed by atoms with E-state index in [0.29, 0.717) is 13.2 Å². The van der Waals surface area contributed by atoms with Crippen LogP contribution in [0.3, 0.4) is 0 Å². The van der Waals surface area contributed by atoms with Crippen LogP contribution in [0, 0.1) is 0 Å². The Kier molecular flexibility index (Phi) is 5.45. The first-order valence-corrected chi connectivity index (χ1v) is 6.07. The number of rotatable bonds is 6. The zero-order valence-corrected chi connectivity index (χ0v) is 11.0. The minimum absolute atomic E-state index is 0.0836. The lowest BCUT2D eigenvalue weighted by atomic mass is 9.87. The summed E-state index contributed by atoms with van der Waals surface area (Å²) in [6, 6.07) is 8.48. The van der Waals surface area contributed by atoms with Gasteiger partial charge < -0.3 is 15.2 Å². The molecular weight excluding hydrogens is 214 g/mol. The second kappa shape index (κ2) is 6.62. The van der Waals surface area contributed by atoms with Gasteiger partial charge >= 0.3 is 0 Å². The smallest absolute Gasteiger partial charge is 0.0698 e. The Labute approximate surface area is 104 Å². The topological polar surface area (TPSA) is 41.5 Å². The van der Waals surface area contributed by atoms with Gasteiger partial charge in [0.1, 0.15) is 0 Å². The maximum Gasteiger partial charge on any atom is 0.0698 e. The van der Waals surface area contributed by atoms with Crippen molar-refractivity contribution < 1.29 is 9.84 Å². The second-order valence-electron chi connectivity index (χ2n) is 5.09. The Balaban J connectivity index is 2.36. The van der Waals surface area contributed by atoms with Crippen LogP contribution in [-0.4, -0.2) is 31.5 Å². The van der Waals surface area contributed by atoms with Crippen molar-refractivity contribution in [3.05, 3.63) is 29.8 Å². The number of anilines is 1. The number of ether oxygens (including phenoxy) is 1. The Hall–Kier alpha value is -1.06. The van der Waals surface area contributed by atoms with Crippen LogP contribution >= 0.6 is 0 Å². The molecule has 0 spiro atoms. The fraction of sp³-hybridized carbons (Fsp3) is 0.571. The standard InChI is InChI=1S/C14H23NO2/c1-14(2,3)12-4-6-13(7-5-12)15-8-10-17-11-9-16/h4-7,15-16H,8-11H2,1-3H3. The van der Waals surface area contributed by atoms with E-state index < -0.39 is 0 Å². The largest absolute Gasteiger partial charge is 0.394 e. The molecule has 17 heavy (non-hydrogen) atoms. The minimum atomic E-state index is 0.0836. The highest BCUT2D eigenvalue weighted by molar-refractivity contribution is 5.45. The van der Waals surface area contributed by atoms with Gasteiger partial charge in [-0.3, -0.25) is 0 Å². The van der Waals surface area contributed by atoms with Crippen molar-refractivity contribution in [2.75, 3.05) is 31.7 Å². The van der Waals surface area contributed by atoms with Crippen molar-refractivity contribution in [3.8, 4) is 0 Å². The lowest BCUT2D eigenvalue weighted by molar-refractivity contribution is 0.0992. The molecule has 3 nitrogen and oxygen atoms in total. The molecule has 0 aliphatic rings.